The van der Waals surface area contributed by atoms with Crippen molar-refractivity contribution < 1.29 is 33.4 Å². The number of alkyl carbamates (subject to hydrolysis) is 1. The van der Waals surface area contributed by atoms with Crippen LogP contribution in [0.15, 0.2) is 12.2 Å². The van der Waals surface area contributed by atoms with E-state index in [4.69, 9.17) is 9.47 Å². The van der Waals surface area contributed by atoms with Crippen LogP contribution < -0.4 is 10.6 Å². The molecular formula is C25H37N3O7. The Morgan fingerprint density at radius 3 is 2.63 bits per heavy atom. The Kier molecular flexibility index (Phi) is 8.22. The van der Waals surface area contributed by atoms with Gasteiger partial charge in [0.15, 0.2) is 5.78 Å². The molecule has 0 aromatic carbocycles. The summed E-state index contributed by atoms with van der Waals surface area (Å²) in [5.41, 5.74) is -1.92. The zero-order chi connectivity index (χ0) is 25.8. The number of hydrogen-bond donors (Lipinski definition) is 2. The second kappa shape index (κ2) is 10.8. The summed E-state index contributed by atoms with van der Waals surface area (Å²) >= 11 is 0. The molecule has 35 heavy (non-hydrogen) atoms. The lowest BCUT2D eigenvalue weighted by Gasteiger charge is -2.30. The van der Waals surface area contributed by atoms with E-state index in [2.05, 4.69) is 10.6 Å². The Bertz CT molecular complexity index is 894. The minimum Gasteiger partial charge on any atom is -0.464 e. The minimum absolute atomic E-state index is 0.143. The summed E-state index contributed by atoms with van der Waals surface area (Å²) in [5.74, 6) is -2.04. The molecule has 3 rings (SSSR count). The van der Waals surface area contributed by atoms with Crippen LogP contribution in [0.3, 0.4) is 0 Å². The van der Waals surface area contributed by atoms with Gasteiger partial charge in [0.2, 0.25) is 11.8 Å². The fraction of sp³-hybridized carbons (Fsp3) is 0.720. The van der Waals surface area contributed by atoms with Gasteiger partial charge >= 0.3 is 12.1 Å². The average Bonchev–Trinajstić information content (AvgIpc) is 3.30. The summed E-state index contributed by atoms with van der Waals surface area (Å²) in [6.45, 7) is 6.83. The van der Waals surface area contributed by atoms with Gasteiger partial charge in [-0.05, 0) is 53.4 Å². The maximum absolute atomic E-state index is 13.5. The van der Waals surface area contributed by atoms with E-state index in [1.807, 2.05) is 12.2 Å². The Morgan fingerprint density at radius 1 is 1.20 bits per heavy atom. The number of esters is 1. The summed E-state index contributed by atoms with van der Waals surface area (Å²) in [7, 11) is 0. The van der Waals surface area contributed by atoms with Gasteiger partial charge in [-0.1, -0.05) is 25.0 Å². The summed E-state index contributed by atoms with van der Waals surface area (Å²) in [5, 5.41) is 5.43. The summed E-state index contributed by atoms with van der Waals surface area (Å²) in [4.78, 5) is 65.5. The van der Waals surface area contributed by atoms with Crippen LogP contribution in [0.5, 0.6) is 0 Å². The molecule has 0 radical (unpaired) electrons. The molecule has 10 heteroatoms. The first-order valence-corrected chi connectivity index (χ1v) is 12.4. The molecule has 0 unspecified atom stereocenters. The second-order valence-corrected chi connectivity index (χ2v) is 10.5. The molecule has 0 aromatic rings. The molecule has 194 valence electrons. The Balaban J connectivity index is 1.85. The highest BCUT2D eigenvalue weighted by Crippen LogP contribution is 2.46. The van der Waals surface area contributed by atoms with E-state index in [1.165, 1.54) is 4.90 Å². The number of carbonyl (C=O) groups is 5. The summed E-state index contributed by atoms with van der Waals surface area (Å²) in [6, 6.07) is -1.99. The van der Waals surface area contributed by atoms with E-state index in [1.54, 1.807) is 27.7 Å². The van der Waals surface area contributed by atoms with Gasteiger partial charge in [-0.2, -0.15) is 0 Å². The second-order valence-electron chi connectivity index (χ2n) is 10.5. The molecule has 0 bridgehead atoms. The molecule has 2 heterocycles. The van der Waals surface area contributed by atoms with Crippen molar-refractivity contribution in [3.05, 3.63) is 12.2 Å². The monoisotopic (exact) mass is 491 g/mol. The molecule has 2 fully saturated rings. The fourth-order valence-electron chi connectivity index (χ4n) is 4.62. The van der Waals surface area contributed by atoms with Crippen LogP contribution in [-0.2, 0) is 28.7 Å². The Labute approximate surface area is 206 Å². The van der Waals surface area contributed by atoms with Gasteiger partial charge in [-0.3, -0.25) is 14.4 Å². The van der Waals surface area contributed by atoms with Crippen LogP contribution in [0, 0.1) is 5.92 Å². The van der Waals surface area contributed by atoms with Gasteiger partial charge < -0.3 is 25.0 Å². The van der Waals surface area contributed by atoms with Crippen molar-refractivity contribution >= 4 is 29.7 Å². The van der Waals surface area contributed by atoms with Gasteiger partial charge in [0, 0.05) is 12.3 Å². The maximum Gasteiger partial charge on any atom is 0.408 e. The quantitative estimate of drug-likeness (QED) is 0.456. The molecule has 2 aliphatic heterocycles. The van der Waals surface area contributed by atoms with Gasteiger partial charge in [0.05, 0.1) is 13.2 Å². The van der Waals surface area contributed by atoms with Gasteiger partial charge in [-0.25, -0.2) is 9.59 Å². The number of ketones is 1. The largest absolute Gasteiger partial charge is 0.464 e. The zero-order valence-corrected chi connectivity index (χ0v) is 21.1. The third kappa shape index (κ3) is 6.61. The molecule has 4 atom stereocenters. The molecule has 3 amide bonds. The SMILES string of the molecule is CCOC(=O)[C@@]12C[C@H]1/C=C\CCCCC[C@H](NC(=O)OC(C)(C)C)C(=O)N1CC(=O)C[C@H]1C(=O)N2. The van der Waals surface area contributed by atoms with E-state index >= 15 is 0 Å². The lowest BCUT2D eigenvalue weighted by atomic mass is 10.0. The predicted octanol–water partition coefficient (Wildman–Crippen LogP) is 2.01. The Hall–Kier alpha value is -2.91. The van der Waals surface area contributed by atoms with E-state index in [0.717, 1.165) is 19.3 Å². The van der Waals surface area contributed by atoms with Crippen LogP contribution >= 0.6 is 0 Å². The summed E-state index contributed by atoms with van der Waals surface area (Å²) in [6.07, 6.45) is 7.01. The normalized spacial score (nSPS) is 30.7. The average molecular weight is 492 g/mol. The van der Waals surface area contributed by atoms with Crippen molar-refractivity contribution in [3.8, 4) is 0 Å². The number of ether oxygens (including phenoxy) is 2. The third-order valence-electron chi connectivity index (χ3n) is 6.45. The van der Waals surface area contributed by atoms with Gasteiger partial charge in [0.25, 0.3) is 0 Å². The van der Waals surface area contributed by atoms with Crippen molar-refractivity contribution in [2.75, 3.05) is 13.2 Å². The molecule has 2 N–H and O–H groups in total. The lowest BCUT2D eigenvalue weighted by Crippen LogP contribution is -2.56. The number of Topliss-reactive ketones (excluding diaryl/α,β-unsaturated/α-hetero) is 1. The Morgan fingerprint density at radius 2 is 1.94 bits per heavy atom. The lowest BCUT2D eigenvalue weighted by molar-refractivity contribution is -0.150. The van der Waals surface area contributed by atoms with Crippen molar-refractivity contribution in [2.24, 2.45) is 5.92 Å². The van der Waals surface area contributed by atoms with Gasteiger partial charge in [-0.15, -0.1) is 0 Å². The molecule has 0 spiro atoms. The molecule has 1 saturated heterocycles. The number of amides is 3. The van der Waals surface area contributed by atoms with E-state index in [0.29, 0.717) is 19.3 Å². The van der Waals surface area contributed by atoms with Crippen LogP contribution in [0.25, 0.3) is 0 Å². The topological polar surface area (TPSA) is 131 Å². The highest BCUT2D eigenvalue weighted by Gasteiger charge is 2.62. The highest BCUT2D eigenvalue weighted by molar-refractivity contribution is 6.02. The van der Waals surface area contributed by atoms with Crippen LogP contribution in [0.1, 0.15) is 72.6 Å². The third-order valence-corrected chi connectivity index (χ3v) is 6.45. The number of carbonyl (C=O) groups excluding carboxylic acids is 5. The number of fused-ring (bicyclic) bond motifs is 2. The first-order valence-electron chi connectivity index (χ1n) is 12.4. The zero-order valence-electron chi connectivity index (χ0n) is 21.1. The fourth-order valence-corrected chi connectivity index (χ4v) is 4.62. The number of nitrogens with one attached hydrogen (secondary N) is 2. The molecule has 1 saturated carbocycles. The maximum atomic E-state index is 13.5. The first-order chi connectivity index (χ1) is 16.5. The smallest absolute Gasteiger partial charge is 0.408 e. The van der Waals surface area contributed by atoms with E-state index in [-0.39, 0.29) is 31.3 Å². The van der Waals surface area contributed by atoms with Crippen LogP contribution in [0.4, 0.5) is 4.79 Å². The standard InChI is InChI=1S/C25H37N3O7/c1-5-34-22(32)25-14-16(25)11-9-7-6-8-10-12-18(26-23(33)35-24(2,3)4)21(31)28-15-17(29)13-19(28)20(30)27-25/h9,11,16,18-19H,5-8,10,12-15H2,1-4H3,(H,26,33)(H,27,30)/b11-9-/t16-,18+,19+,25-/m1/s1. The van der Waals surface area contributed by atoms with Gasteiger partial charge in [0.1, 0.15) is 23.2 Å². The molecule has 3 aliphatic rings. The molecule has 1 aliphatic carbocycles. The van der Waals surface area contributed by atoms with Crippen molar-refractivity contribution in [1.82, 2.24) is 15.5 Å². The number of allylic oxidation sites excluding steroid dienone is 1. The number of hydrogen-bond acceptors (Lipinski definition) is 7. The van der Waals surface area contributed by atoms with Crippen molar-refractivity contribution in [3.63, 3.8) is 0 Å². The first kappa shape index (κ1) is 26.7. The van der Waals surface area contributed by atoms with Crippen LogP contribution in [-0.4, -0.2) is 70.9 Å². The number of nitrogens with zero attached hydrogens (tertiary/aromatic N) is 1. The molecule has 10 nitrogen and oxygen atoms in total. The number of rotatable bonds is 3. The summed E-state index contributed by atoms with van der Waals surface area (Å²) < 4.78 is 10.5. The van der Waals surface area contributed by atoms with Crippen LogP contribution in [0.2, 0.25) is 0 Å². The minimum atomic E-state index is -1.18. The predicted molar refractivity (Wildman–Crippen MR) is 126 cm³/mol. The van der Waals surface area contributed by atoms with E-state index < -0.39 is 47.1 Å². The van der Waals surface area contributed by atoms with Crippen molar-refractivity contribution in [2.45, 2.75) is 95.9 Å². The van der Waals surface area contributed by atoms with Crippen molar-refractivity contribution in [1.29, 1.82) is 0 Å². The molecular weight excluding hydrogens is 454 g/mol. The van der Waals surface area contributed by atoms with E-state index in [9.17, 15) is 24.0 Å². The highest BCUT2D eigenvalue weighted by atomic mass is 16.6. The molecule has 0 aromatic heterocycles.